The molecule has 0 spiro atoms. The van der Waals surface area contributed by atoms with E-state index in [1.165, 1.54) is 5.56 Å². The van der Waals surface area contributed by atoms with Crippen LogP contribution in [0.1, 0.15) is 35.9 Å². The summed E-state index contributed by atoms with van der Waals surface area (Å²) in [5.74, 6) is 1.32. The molecule has 3 aromatic rings. The number of thiazole rings is 1. The second kappa shape index (κ2) is 7.60. The molecule has 0 radical (unpaired) electrons. The Bertz CT molecular complexity index is 796. The number of nitrogens with zero attached hydrogens (tertiary/aromatic N) is 1. The lowest BCUT2D eigenvalue weighted by atomic mass is 9.99. The molecule has 0 saturated carbocycles. The van der Waals surface area contributed by atoms with Gasteiger partial charge in [-0.2, -0.15) is 0 Å². The van der Waals surface area contributed by atoms with E-state index >= 15 is 0 Å². The van der Waals surface area contributed by atoms with Gasteiger partial charge in [-0.15, -0.1) is 11.3 Å². The Labute approximate surface area is 147 Å². The molecule has 0 fully saturated rings. The van der Waals surface area contributed by atoms with E-state index in [4.69, 9.17) is 10.5 Å². The smallest absolute Gasteiger partial charge is 0.129 e. The van der Waals surface area contributed by atoms with Gasteiger partial charge in [0.25, 0.3) is 0 Å². The normalized spacial score (nSPS) is 11.0. The van der Waals surface area contributed by atoms with Gasteiger partial charge in [0.2, 0.25) is 0 Å². The summed E-state index contributed by atoms with van der Waals surface area (Å²) in [7, 11) is 0. The van der Waals surface area contributed by atoms with Crippen molar-refractivity contribution in [2.75, 3.05) is 0 Å². The Balaban J connectivity index is 1.92. The highest BCUT2D eigenvalue weighted by atomic mass is 32.1. The van der Waals surface area contributed by atoms with E-state index in [0.29, 0.717) is 19.1 Å². The lowest BCUT2D eigenvalue weighted by Gasteiger charge is -2.14. The van der Waals surface area contributed by atoms with Crippen LogP contribution < -0.4 is 10.5 Å². The molecule has 1 aromatic heterocycles. The Hall–Kier alpha value is -2.17. The number of rotatable bonds is 6. The molecule has 0 aliphatic carbocycles. The number of hydrogen-bond acceptors (Lipinski definition) is 4. The molecule has 124 valence electrons. The fourth-order valence-corrected chi connectivity index (χ4v) is 3.17. The molecule has 3 rings (SSSR count). The van der Waals surface area contributed by atoms with Crippen LogP contribution >= 0.6 is 11.3 Å². The maximum Gasteiger partial charge on any atom is 0.129 e. The maximum atomic E-state index is 6.09. The van der Waals surface area contributed by atoms with Crippen molar-refractivity contribution < 1.29 is 4.74 Å². The van der Waals surface area contributed by atoms with E-state index in [0.717, 1.165) is 27.6 Å². The van der Waals surface area contributed by atoms with Crippen LogP contribution in [0.15, 0.2) is 53.9 Å². The summed E-state index contributed by atoms with van der Waals surface area (Å²) in [5, 5.41) is 2.99. The Morgan fingerprint density at radius 3 is 2.58 bits per heavy atom. The third-order valence-corrected chi connectivity index (χ3v) is 4.78. The van der Waals surface area contributed by atoms with Crippen LogP contribution in [0.3, 0.4) is 0 Å². The molecular weight excluding hydrogens is 316 g/mol. The molecule has 2 N–H and O–H groups in total. The van der Waals surface area contributed by atoms with Crippen LogP contribution in [0.2, 0.25) is 0 Å². The van der Waals surface area contributed by atoms with Crippen molar-refractivity contribution in [3.63, 3.8) is 0 Å². The Morgan fingerprint density at radius 1 is 1.12 bits per heavy atom. The van der Waals surface area contributed by atoms with Crippen LogP contribution in [0, 0.1) is 0 Å². The minimum atomic E-state index is 0.458. The first-order valence-corrected chi connectivity index (χ1v) is 9.01. The number of ether oxygens (including phenoxy) is 1. The average molecular weight is 338 g/mol. The van der Waals surface area contributed by atoms with E-state index in [2.05, 4.69) is 54.5 Å². The zero-order chi connectivity index (χ0) is 16.9. The van der Waals surface area contributed by atoms with Crippen LogP contribution in [0.25, 0.3) is 11.3 Å². The van der Waals surface area contributed by atoms with E-state index in [9.17, 15) is 0 Å². The first kappa shape index (κ1) is 16.7. The van der Waals surface area contributed by atoms with E-state index in [1.54, 1.807) is 11.3 Å². The summed E-state index contributed by atoms with van der Waals surface area (Å²) in [6.07, 6.45) is 0. The van der Waals surface area contributed by atoms with Crippen molar-refractivity contribution in [2.24, 2.45) is 5.73 Å². The molecule has 4 heteroatoms. The highest BCUT2D eigenvalue weighted by molar-refractivity contribution is 7.09. The number of nitrogens with two attached hydrogens (primary N) is 1. The first-order chi connectivity index (χ1) is 11.7. The monoisotopic (exact) mass is 338 g/mol. The number of benzene rings is 2. The van der Waals surface area contributed by atoms with Crippen molar-refractivity contribution >= 4 is 11.3 Å². The van der Waals surface area contributed by atoms with Crippen LogP contribution in [0.5, 0.6) is 5.75 Å². The molecule has 0 bridgehead atoms. The summed E-state index contributed by atoms with van der Waals surface area (Å²) >= 11 is 1.59. The Morgan fingerprint density at radius 2 is 1.92 bits per heavy atom. The van der Waals surface area contributed by atoms with Crippen LogP contribution in [-0.4, -0.2) is 4.98 Å². The fourth-order valence-electron chi connectivity index (χ4n) is 2.50. The quantitative estimate of drug-likeness (QED) is 0.690. The molecular formula is C20H22N2OS. The van der Waals surface area contributed by atoms with Gasteiger partial charge in [0, 0.05) is 17.5 Å². The summed E-state index contributed by atoms with van der Waals surface area (Å²) in [5.41, 5.74) is 10.1. The molecule has 0 aliphatic heterocycles. The van der Waals surface area contributed by atoms with Crippen LogP contribution in [0.4, 0.5) is 0 Å². The van der Waals surface area contributed by atoms with Gasteiger partial charge >= 0.3 is 0 Å². The third-order valence-electron chi connectivity index (χ3n) is 3.91. The van der Waals surface area contributed by atoms with Crippen molar-refractivity contribution in [3.8, 4) is 17.0 Å². The van der Waals surface area contributed by atoms with Crippen molar-refractivity contribution in [2.45, 2.75) is 32.9 Å². The number of aromatic nitrogens is 1. The molecule has 0 aliphatic rings. The third kappa shape index (κ3) is 3.83. The summed E-state index contributed by atoms with van der Waals surface area (Å²) in [6.45, 7) is 5.39. The van der Waals surface area contributed by atoms with Crippen molar-refractivity contribution in [1.29, 1.82) is 0 Å². The average Bonchev–Trinajstić information content (AvgIpc) is 3.09. The highest BCUT2D eigenvalue weighted by Gasteiger charge is 2.13. The lowest BCUT2D eigenvalue weighted by Crippen LogP contribution is -1.99. The second-order valence-electron chi connectivity index (χ2n) is 6.02. The molecule has 0 atom stereocenters. The minimum absolute atomic E-state index is 0.458. The lowest BCUT2D eigenvalue weighted by molar-refractivity contribution is 0.307. The molecule has 0 unspecified atom stereocenters. The summed E-state index contributed by atoms with van der Waals surface area (Å²) in [4.78, 5) is 4.63. The summed E-state index contributed by atoms with van der Waals surface area (Å²) < 4.78 is 6.09. The zero-order valence-electron chi connectivity index (χ0n) is 14.0. The molecule has 0 saturated heterocycles. The molecule has 3 nitrogen and oxygen atoms in total. The summed E-state index contributed by atoms with van der Waals surface area (Å²) in [6, 6.07) is 16.6. The largest absolute Gasteiger partial charge is 0.488 e. The van der Waals surface area contributed by atoms with Gasteiger partial charge in [0.05, 0.1) is 5.69 Å². The fraction of sp³-hybridized carbons (Fsp3) is 0.250. The highest BCUT2D eigenvalue weighted by Crippen LogP contribution is 2.34. The van der Waals surface area contributed by atoms with Gasteiger partial charge in [0.1, 0.15) is 17.4 Å². The van der Waals surface area contributed by atoms with Gasteiger partial charge in [-0.25, -0.2) is 4.98 Å². The SMILES string of the molecule is CC(C)c1ccc(OCc2ccccc2)c(-c2csc(CN)n2)c1. The van der Waals surface area contributed by atoms with Crippen molar-refractivity contribution in [1.82, 2.24) is 4.98 Å². The van der Waals surface area contributed by atoms with Gasteiger partial charge in [0.15, 0.2) is 0 Å². The topological polar surface area (TPSA) is 48.1 Å². The second-order valence-corrected chi connectivity index (χ2v) is 6.96. The zero-order valence-corrected chi connectivity index (χ0v) is 14.8. The predicted molar refractivity (Wildman–Crippen MR) is 100 cm³/mol. The van der Waals surface area contributed by atoms with Gasteiger partial charge in [-0.3, -0.25) is 0 Å². The first-order valence-electron chi connectivity index (χ1n) is 8.13. The van der Waals surface area contributed by atoms with Crippen LogP contribution in [-0.2, 0) is 13.2 Å². The van der Waals surface area contributed by atoms with E-state index < -0.39 is 0 Å². The van der Waals surface area contributed by atoms with Gasteiger partial charge < -0.3 is 10.5 Å². The van der Waals surface area contributed by atoms with Gasteiger partial charge in [-0.05, 0) is 29.2 Å². The standard InChI is InChI=1S/C20H22N2OS/c1-14(2)16-8-9-19(23-12-15-6-4-3-5-7-15)17(10-16)18-13-24-20(11-21)22-18/h3-10,13-14H,11-12,21H2,1-2H3. The minimum Gasteiger partial charge on any atom is -0.488 e. The molecule has 0 amide bonds. The van der Waals surface area contributed by atoms with Crippen molar-refractivity contribution in [3.05, 3.63) is 70.0 Å². The molecule has 2 aromatic carbocycles. The van der Waals surface area contributed by atoms with E-state index in [1.807, 2.05) is 18.2 Å². The predicted octanol–water partition coefficient (Wildman–Crippen LogP) is 4.97. The van der Waals surface area contributed by atoms with E-state index in [-0.39, 0.29) is 0 Å². The van der Waals surface area contributed by atoms with Gasteiger partial charge in [-0.1, -0.05) is 50.2 Å². The molecule has 24 heavy (non-hydrogen) atoms. The maximum absolute atomic E-state index is 6.09. The molecule has 1 heterocycles. The number of hydrogen-bond donors (Lipinski definition) is 1. The Kier molecular flexibility index (Phi) is 5.28.